The van der Waals surface area contributed by atoms with Crippen molar-refractivity contribution >= 4 is 0 Å². The Balaban J connectivity index is 2.47. The first kappa shape index (κ1) is 15.2. The van der Waals surface area contributed by atoms with E-state index >= 15 is 0 Å². The Morgan fingerprint density at radius 3 is 2.28 bits per heavy atom. The van der Waals surface area contributed by atoms with Crippen molar-refractivity contribution in [1.29, 1.82) is 0 Å². The van der Waals surface area contributed by atoms with Crippen molar-refractivity contribution in [2.24, 2.45) is 0 Å². The van der Waals surface area contributed by atoms with Crippen LogP contribution in [0.15, 0.2) is 18.2 Å². The summed E-state index contributed by atoms with van der Waals surface area (Å²) in [6, 6.07) is 6.21. The molecule has 0 aromatic heterocycles. The van der Waals surface area contributed by atoms with Crippen LogP contribution in [0.3, 0.4) is 0 Å². The van der Waals surface area contributed by atoms with E-state index in [1.54, 1.807) is 0 Å². The Bertz CT molecular complexity index is 345. The summed E-state index contributed by atoms with van der Waals surface area (Å²) in [5.41, 5.74) is 3.39. The average Bonchev–Trinajstić information content (AvgIpc) is 2.32. The number of rotatable bonds is 7. The van der Waals surface area contributed by atoms with Gasteiger partial charge in [0.2, 0.25) is 0 Å². The molecule has 1 aromatic carbocycles. The Morgan fingerprint density at radius 1 is 1.11 bits per heavy atom. The highest BCUT2D eigenvalue weighted by molar-refractivity contribution is 5.29. The second kappa shape index (κ2) is 7.52. The van der Waals surface area contributed by atoms with Gasteiger partial charge in [-0.15, -0.1) is 0 Å². The molecule has 1 unspecified atom stereocenters. The molecular weight excluding hydrogens is 226 g/mol. The number of hydrogen-bond acceptors (Lipinski definition) is 3. The maximum Gasteiger partial charge on any atom is 0.0802 e. The molecule has 0 radical (unpaired) electrons. The first-order valence-corrected chi connectivity index (χ1v) is 6.58. The highest BCUT2D eigenvalue weighted by Crippen LogP contribution is 2.19. The van der Waals surface area contributed by atoms with Crippen LogP contribution in [0.5, 0.6) is 0 Å². The molecule has 0 aliphatic rings. The summed E-state index contributed by atoms with van der Waals surface area (Å²) in [7, 11) is 2.02. The molecule has 0 amide bonds. The molecule has 0 bridgehead atoms. The van der Waals surface area contributed by atoms with E-state index in [1.165, 1.54) is 11.1 Å². The molecule has 1 rings (SSSR count). The van der Waals surface area contributed by atoms with E-state index in [4.69, 9.17) is 5.11 Å². The summed E-state index contributed by atoms with van der Waals surface area (Å²) in [6.07, 6.45) is 1.11. The van der Waals surface area contributed by atoms with Crippen LogP contribution >= 0.6 is 0 Å². The predicted octanol–water partition coefficient (Wildman–Crippen LogP) is 2.04. The van der Waals surface area contributed by atoms with Gasteiger partial charge in [0, 0.05) is 19.7 Å². The van der Waals surface area contributed by atoms with Crippen LogP contribution in [0, 0.1) is 13.8 Å². The lowest BCUT2D eigenvalue weighted by Gasteiger charge is -2.19. The highest BCUT2D eigenvalue weighted by atomic mass is 16.3. The number of benzene rings is 1. The van der Waals surface area contributed by atoms with Gasteiger partial charge in [0.1, 0.15) is 0 Å². The van der Waals surface area contributed by atoms with Gasteiger partial charge < -0.3 is 15.1 Å². The van der Waals surface area contributed by atoms with Gasteiger partial charge >= 0.3 is 0 Å². The molecule has 0 fully saturated rings. The number of aryl methyl sites for hydroxylation is 2. The zero-order valence-electron chi connectivity index (χ0n) is 11.7. The summed E-state index contributed by atoms with van der Waals surface area (Å²) in [4.78, 5) is 2.14. The third kappa shape index (κ3) is 5.17. The Labute approximate surface area is 110 Å². The second-order valence-corrected chi connectivity index (χ2v) is 5.11. The van der Waals surface area contributed by atoms with Crippen LogP contribution in [0.1, 0.15) is 35.6 Å². The Morgan fingerprint density at radius 2 is 1.72 bits per heavy atom. The normalized spacial score (nSPS) is 13.0. The zero-order valence-corrected chi connectivity index (χ0v) is 11.7. The van der Waals surface area contributed by atoms with Crippen LogP contribution in [0.25, 0.3) is 0 Å². The molecular formula is C15H25NO2. The third-order valence-electron chi connectivity index (χ3n) is 3.11. The number of hydrogen-bond donors (Lipinski definition) is 2. The molecule has 0 aliphatic heterocycles. The first-order chi connectivity index (χ1) is 8.52. The van der Waals surface area contributed by atoms with Gasteiger partial charge in [-0.1, -0.05) is 29.3 Å². The summed E-state index contributed by atoms with van der Waals surface area (Å²) < 4.78 is 0. The van der Waals surface area contributed by atoms with Crippen LogP contribution in [-0.2, 0) is 0 Å². The molecule has 18 heavy (non-hydrogen) atoms. The molecule has 0 aliphatic carbocycles. The Hall–Kier alpha value is -0.900. The summed E-state index contributed by atoms with van der Waals surface area (Å²) >= 11 is 0. The van der Waals surface area contributed by atoms with Gasteiger partial charge in [-0.05, 0) is 39.3 Å². The lowest BCUT2D eigenvalue weighted by molar-refractivity contribution is 0.146. The SMILES string of the molecule is Cc1cc(C)cc(C(O)CCN(C)CCCO)c1. The molecule has 3 heteroatoms. The lowest BCUT2D eigenvalue weighted by atomic mass is 10.0. The van der Waals surface area contributed by atoms with Gasteiger partial charge in [-0.3, -0.25) is 0 Å². The van der Waals surface area contributed by atoms with Crippen LogP contribution in [-0.4, -0.2) is 41.9 Å². The van der Waals surface area contributed by atoms with Crippen molar-refractivity contribution in [2.45, 2.75) is 32.8 Å². The lowest BCUT2D eigenvalue weighted by Crippen LogP contribution is -2.23. The quantitative estimate of drug-likeness (QED) is 0.779. The molecule has 3 nitrogen and oxygen atoms in total. The Kier molecular flexibility index (Phi) is 6.33. The largest absolute Gasteiger partial charge is 0.396 e. The fourth-order valence-corrected chi connectivity index (χ4v) is 2.16. The standard InChI is InChI=1S/C15H25NO2/c1-12-9-13(2)11-14(10-12)15(18)5-7-16(3)6-4-8-17/h9-11,15,17-18H,4-8H2,1-3H3. The first-order valence-electron chi connectivity index (χ1n) is 6.58. The van der Waals surface area contributed by atoms with Crippen molar-refractivity contribution in [1.82, 2.24) is 4.90 Å². The topological polar surface area (TPSA) is 43.7 Å². The third-order valence-corrected chi connectivity index (χ3v) is 3.11. The summed E-state index contributed by atoms with van der Waals surface area (Å²) in [5.74, 6) is 0. The van der Waals surface area contributed by atoms with Crippen molar-refractivity contribution in [3.05, 3.63) is 34.9 Å². The maximum absolute atomic E-state index is 10.2. The minimum atomic E-state index is -0.403. The van der Waals surface area contributed by atoms with E-state index in [0.717, 1.165) is 31.5 Å². The van der Waals surface area contributed by atoms with E-state index in [0.29, 0.717) is 0 Å². The fraction of sp³-hybridized carbons (Fsp3) is 0.600. The molecule has 0 spiro atoms. The second-order valence-electron chi connectivity index (χ2n) is 5.11. The van der Waals surface area contributed by atoms with Crippen molar-refractivity contribution < 1.29 is 10.2 Å². The van der Waals surface area contributed by atoms with E-state index in [9.17, 15) is 5.11 Å². The molecule has 0 saturated carbocycles. The molecule has 1 aromatic rings. The van der Waals surface area contributed by atoms with Crippen LogP contribution < -0.4 is 0 Å². The van der Waals surface area contributed by atoms with Gasteiger partial charge in [0.15, 0.2) is 0 Å². The summed E-state index contributed by atoms with van der Waals surface area (Å²) in [6.45, 7) is 6.04. The van der Waals surface area contributed by atoms with Gasteiger partial charge in [-0.25, -0.2) is 0 Å². The average molecular weight is 251 g/mol. The minimum Gasteiger partial charge on any atom is -0.396 e. The predicted molar refractivity (Wildman–Crippen MR) is 74.7 cm³/mol. The van der Waals surface area contributed by atoms with Gasteiger partial charge in [0.25, 0.3) is 0 Å². The highest BCUT2D eigenvalue weighted by Gasteiger charge is 2.09. The maximum atomic E-state index is 10.2. The number of nitrogens with zero attached hydrogens (tertiary/aromatic N) is 1. The summed E-state index contributed by atoms with van der Waals surface area (Å²) in [5, 5.41) is 18.9. The molecule has 2 N–H and O–H groups in total. The van der Waals surface area contributed by atoms with Gasteiger partial charge in [-0.2, -0.15) is 0 Å². The molecule has 0 saturated heterocycles. The van der Waals surface area contributed by atoms with Crippen LogP contribution in [0.4, 0.5) is 0 Å². The zero-order chi connectivity index (χ0) is 13.5. The van der Waals surface area contributed by atoms with E-state index < -0.39 is 6.10 Å². The van der Waals surface area contributed by atoms with E-state index in [2.05, 4.69) is 24.8 Å². The number of aliphatic hydroxyl groups excluding tert-OH is 2. The molecule has 0 heterocycles. The van der Waals surface area contributed by atoms with Crippen molar-refractivity contribution in [3.63, 3.8) is 0 Å². The minimum absolute atomic E-state index is 0.226. The smallest absolute Gasteiger partial charge is 0.0802 e. The van der Waals surface area contributed by atoms with E-state index in [1.807, 2.05) is 19.2 Å². The fourth-order valence-electron chi connectivity index (χ4n) is 2.16. The van der Waals surface area contributed by atoms with Crippen molar-refractivity contribution in [2.75, 3.05) is 26.7 Å². The number of aliphatic hydroxyl groups is 2. The van der Waals surface area contributed by atoms with Crippen LogP contribution in [0.2, 0.25) is 0 Å². The molecule has 1 atom stereocenters. The van der Waals surface area contributed by atoms with Crippen molar-refractivity contribution in [3.8, 4) is 0 Å². The van der Waals surface area contributed by atoms with E-state index in [-0.39, 0.29) is 6.61 Å². The monoisotopic (exact) mass is 251 g/mol. The molecule has 102 valence electrons. The van der Waals surface area contributed by atoms with Gasteiger partial charge in [0.05, 0.1) is 6.10 Å².